The van der Waals surface area contributed by atoms with Crippen LogP contribution in [0.1, 0.15) is 158 Å². The summed E-state index contributed by atoms with van der Waals surface area (Å²) in [6.45, 7) is 16.2. The number of carbonyl (C=O) groups is 2. The van der Waals surface area contributed by atoms with Gasteiger partial charge in [-0.15, -0.1) is 0 Å². The third-order valence-corrected chi connectivity index (χ3v) is 17.9. The maximum Gasteiger partial charge on any atom is 0.342 e. The molecular formula is C80H98O14. The molecule has 0 aliphatic carbocycles. The van der Waals surface area contributed by atoms with Gasteiger partial charge in [0.25, 0.3) is 0 Å². The van der Waals surface area contributed by atoms with Gasteiger partial charge < -0.3 is 56.8 Å². The van der Waals surface area contributed by atoms with Crippen molar-refractivity contribution in [1.29, 1.82) is 0 Å². The Morgan fingerprint density at radius 1 is 0.383 bits per heavy atom. The number of unbranched alkanes of at least 4 members (excludes halogenated alkanes) is 8. The monoisotopic (exact) mass is 1280 g/mol. The summed E-state index contributed by atoms with van der Waals surface area (Å²) < 4.78 is 80.8. The van der Waals surface area contributed by atoms with E-state index in [1.165, 1.54) is 19.3 Å². The van der Waals surface area contributed by atoms with Crippen LogP contribution in [0.15, 0.2) is 176 Å². The van der Waals surface area contributed by atoms with Gasteiger partial charge in [-0.1, -0.05) is 238 Å². The summed E-state index contributed by atoms with van der Waals surface area (Å²) in [4.78, 5) is 29.6. The van der Waals surface area contributed by atoms with Crippen molar-refractivity contribution < 1.29 is 66.4 Å². The molecule has 0 N–H and O–H groups in total. The molecule has 7 aromatic rings. The van der Waals surface area contributed by atoms with Crippen LogP contribution in [-0.4, -0.2) is 81.5 Å². The van der Waals surface area contributed by atoms with E-state index in [-0.39, 0.29) is 69.6 Å². The number of benzene rings is 7. The number of carbonyl (C=O) groups excluding carboxylic acids is 2. The fourth-order valence-electron chi connectivity index (χ4n) is 12.0. The number of hydrogen-bond donors (Lipinski definition) is 0. The summed E-state index contributed by atoms with van der Waals surface area (Å²) in [6.07, 6.45) is 4.62. The first-order valence-corrected chi connectivity index (χ1v) is 34.1. The zero-order valence-corrected chi connectivity index (χ0v) is 56.2. The van der Waals surface area contributed by atoms with Gasteiger partial charge in [-0.3, -0.25) is 0 Å². The van der Waals surface area contributed by atoms with Crippen LogP contribution in [0.3, 0.4) is 0 Å². The minimum absolute atomic E-state index is 0.00704. The van der Waals surface area contributed by atoms with E-state index >= 15 is 0 Å². The average molecular weight is 1280 g/mol. The highest BCUT2D eigenvalue weighted by Gasteiger charge is 2.52. The smallest absolute Gasteiger partial charge is 0.342 e. The molecule has 2 aliphatic rings. The van der Waals surface area contributed by atoms with E-state index in [0.29, 0.717) is 52.9 Å². The van der Waals surface area contributed by atoms with Crippen LogP contribution >= 0.6 is 0 Å². The molecule has 7 aromatic carbocycles. The van der Waals surface area contributed by atoms with Crippen molar-refractivity contribution in [1.82, 2.24) is 0 Å². The molecule has 2 aliphatic heterocycles. The summed E-state index contributed by atoms with van der Waals surface area (Å²) in [5.74, 6) is 0.515. The van der Waals surface area contributed by atoms with Crippen molar-refractivity contribution in [2.45, 2.75) is 189 Å². The fourth-order valence-corrected chi connectivity index (χ4v) is 12.0. The summed E-state index contributed by atoms with van der Waals surface area (Å²) in [7, 11) is 0. The minimum Gasteiger partial charge on any atom is -0.493 e. The van der Waals surface area contributed by atoms with Gasteiger partial charge in [0, 0.05) is 18.1 Å². The molecule has 14 heteroatoms. The first kappa shape index (κ1) is 70.7. The fraction of sp³-hybridized carbons (Fsp3) is 0.450. The summed E-state index contributed by atoms with van der Waals surface area (Å²) in [5.41, 5.74) is 6.52. The van der Waals surface area contributed by atoms with Crippen molar-refractivity contribution in [3.05, 3.63) is 226 Å². The molecule has 4 unspecified atom stereocenters. The number of aryl methyl sites for hydroxylation is 2. The Bertz CT molecular complexity index is 3330. The first-order chi connectivity index (χ1) is 46.0. The van der Waals surface area contributed by atoms with Crippen molar-refractivity contribution >= 4 is 11.9 Å². The van der Waals surface area contributed by atoms with Crippen molar-refractivity contribution in [2.24, 2.45) is 17.8 Å². The van der Waals surface area contributed by atoms with Crippen LogP contribution in [0, 0.1) is 31.6 Å². The molecule has 9 rings (SSSR count). The minimum atomic E-state index is -1.19. The molecular weight excluding hydrogens is 1180 g/mol. The highest BCUT2D eigenvalue weighted by atomic mass is 16.8. The summed E-state index contributed by atoms with van der Waals surface area (Å²) in [5, 5.41) is 0. The van der Waals surface area contributed by atoms with Gasteiger partial charge in [-0.25, -0.2) is 9.59 Å². The molecule has 0 saturated carbocycles. The molecule has 2 heterocycles. The zero-order valence-electron chi connectivity index (χ0n) is 56.2. The SMILES string of the molecule is CCCCCCCOc1cc(C)c(C(=O)OCC2O[C@H](O[C@H]3OC(COC(=O)c4c(C)cc(OCCCCCCC)cc4OCc4ccccc4)[C@@H](OCc4ccccc4)[C@H](OCc4ccccc4)C3OCc3ccccc3)C(C)[C@@H](C)[C@@H]2C)c(OCc2ccccc2)c1. The molecule has 0 amide bonds. The van der Waals surface area contributed by atoms with Gasteiger partial charge in [0.15, 0.2) is 12.6 Å². The lowest BCUT2D eigenvalue weighted by Gasteiger charge is -2.49. The maximum absolute atomic E-state index is 15.0. The normalized spacial score (nSPS) is 21.1. The predicted molar refractivity (Wildman–Crippen MR) is 364 cm³/mol. The van der Waals surface area contributed by atoms with E-state index in [1.54, 1.807) is 12.1 Å². The van der Waals surface area contributed by atoms with E-state index in [9.17, 15) is 9.59 Å². The van der Waals surface area contributed by atoms with Crippen LogP contribution < -0.4 is 18.9 Å². The lowest BCUT2D eigenvalue weighted by atomic mass is 9.79. The molecule has 10 atom stereocenters. The maximum atomic E-state index is 15.0. The third kappa shape index (κ3) is 21.0. The Labute approximate surface area is 557 Å². The predicted octanol–water partition coefficient (Wildman–Crippen LogP) is 17.3. The van der Waals surface area contributed by atoms with Gasteiger partial charge in [-0.05, 0) is 89.6 Å². The van der Waals surface area contributed by atoms with Crippen LogP contribution in [0.4, 0.5) is 0 Å². The third-order valence-electron chi connectivity index (χ3n) is 17.9. The lowest BCUT2D eigenvalue weighted by molar-refractivity contribution is -0.374. The zero-order chi connectivity index (χ0) is 65.9. The number of ether oxygens (including phenoxy) is 12. The van der Waals surface area contributed by atoms with E-state index in [4.69, 9.17) is 56.8 Å². The largest absolute Gasteiger partial charge is 0.493 e. The standard InChI is InChI=1S/C80H98O14/c1-8-10-12-14-31-43-83-66-45-56(3)72(68(47-66)85-49-61-33-21-16-22-34-61)77(81)90-54-70-59(6)58(5)60(7)79(92-70)94-80-76(89-53-65-41-29-20-30-42-65)75(88-52-64-39-27-19-28-40-64)74(87-51-63-37-25-18-26-38-63)71(93-80)55-91-78(82)73-57(4)46-67(84-44-32-15-13-11-9-2)48-69(73)86-50-62-35-23-17-24-36-62/h16-30,33-42,45-48,58-60,70-71,74-76,79-80H,8-15,31-32,43-44,49-55H2,1-7H3/t58-,59-,60?,70?,71?,74+,75-,76?,79+,80+/m0/s1. The molecule has 0 aromatic heterocycles. The van der Waals surface area contributed by atoms with Crippen LogP contribution in [0.2, 0.25) is 0 Å². The molecule has 502 valence electrons. The van der Waals surface area contributed by atoms with Crippen LogP contribution in [0.25, 0.3) is 0 Å². The lowest BCUT2D eigenvalue weighted by Crippen LogP contribution is -2.63. The molecule has 94 heavy (non-hydrogen) atoms. The van der Waals surface area contributed by atoms with Gasteiger partial charge in [0.2, 0.25) is 0 Å². The van der Waals surface area contributed by atoms with E-state index in [0.717, 1.165) is 72.8 Å². The van der Waals surface area contributed by atoms with Gasteiger partial charge in [0.05, 0.1) is 39.1 Å². The summed E-state index contributed by atoms with van der Waals surface area (Å²) in [6, 6.07) is 56.6. The molecule has 0 spiro atoms. The average Bonchev–Trinajstić information content (AvgIpc) is 0.814. The number of hydrogen-bond acceptors (Lipinski definition) is 14. The van der Waals surface area contributed by atoms with E-state index in [2.05, 4.69) is 34.6 Å². The Morgan fingerprint density at radius 2 is 0.755 bits per heavy atom. The first-order valence-electron chi connectivity index (χ1n) is 34.1. The molecule has 0 bridgehead atoms. The Balaban J connectivity index is 1.01. The van der Waals surface area contributed by atoms with Crippen molar-refractivity contribution in [3.63, 3.8) is 0 Å². The highest BCUT2D eigenvalue weighted by Crippen LogP contribution is 2.40. The molecule has 14 nitrogen and oxygen atoms in total. The van der Waals surface area contributed by atoms with Crippen LogP contribution in [0.5, 0.6) is 23.0 Å². The van der Waals surface area contributed by atoms with Crippen LogP contribution in [-0.2, 0) is 70.9 Å². The molecule has 0 radical (unpaired) electrons. The second-order valence-corrected chi connectivity index (χ2v) is 25.1. The van der Waals surface area contributed by atoms with Gasteiger partial charge in [-0.2, -0.15) is 0 Å². The number of rotatable bonds is 37. The second kappa shape index (κ2) is 37.5. The van der Waals surface area contributed by atoms with Crippen molar-refractivity contribution in [3.8, 4) is 23.0 Å². The molecule has 2 fully saturated rings. The van der Waals surface area contributed by atoms with Gasteiger partial charge in [0.1, 0.15) is 85.0 Å². The molecule has 2 saturated heterocycles. The Morgan fingerprint density at radius 3 is 1.18 bits per heavy atom. The Kier molecular flexibility index (Phi) is 28.2. The second-order valence-electron chi connectivity index (χ2n) is 25.1. The topological polar surface area (TPSA) is 145 Å². The summed E-state index contributed by atoms with van der Waals surface area (Å²) >= 11 is 0. The van der Waals surface area contributed by atoms with Gasteiger partial charge >= 0.3 is 11.9 Å². The highest BCUT2D eigenvalue weighted by molar-refractivity contribution is 5.95. The van der Waals surface area contributed by atoms with Crippen molar-refractivity contribution in [2.75, 3.05) is 26.4 Å². The van der Waals surface area contributed by atoms with E-state index in [1.807, 2.05) is 178 Å². The quantitative estimate of drug-likeness (QED) is 0.0269. The number of esters is 2. The Hall–Kier alpha value is -7.56. The van der Waals surface area contributed by atoms with E-state index < -0.39 is 55.0 Å².